The van der Waals surface area contributed by atoms with Crippen LogP contribution in [0.4, 0.5) is 0 Å². The van der Waals surface area contributed by atoms with Crippen LogP contribution in [0.3, 0.4) is 0 Å². The van der Waals surface area contributed by atoms with Crippen LogP contribution in [0.2, 0.25) is 4.82 Å². The van der Waals surface area contributed by atoms with Gasteiger partial charge in [0.1, 0.15) is 0 Å². The number of benzene rings is 1. The number of hydrogen-bond donors (Lipinski definition) is 0. The molecule has 0 aliphatic heterocycles. The normalized spacial score (nSPS) is 17.8. The fourth-order valence-corrected chi connectivity index (χ4v) is 5.40. The van der Waals surface area contributed by atoms with Crippen molar-refractivity contribution in [3.8, 4) is 0 Å². The zero-order chi connectivity index (χ0) is 17.4. The van der Waals surface area contributed by atoms with E-state index in [2.05, 4.69) is 30.3 Å². The van der Waals surface area contributed by atoms with Gasteiger partial charge in [0.05, 0.1) is 0 Å². The second-order valence-electron chi connectivity index (χ2n) is 7.25. The molecule has 0 N–H and O–H groups in total. The van der Waals surface area contributed by atoms with Crippen LogP contribution < -0.4 is 4.46 Å². The summed E-state index contributed by atoms with van der Waals surface area (Å²) in [7, 11) is 0. The Bertz CT molecular complexity index is 528. The molecule has 3 nitrogen and oxygen atoms in total. The summed E-state index contributed by atoms with van der Waals surface area (Å²) in [5.41, 5.74) is -0.486. The molecule has 1 aromatic carbocycles. The Morgan fingerprint density at radius 2 is 1.83 bits per heavy atom. The Balaban J connectivity index is 1.99. The first-order valence-corrected chi connectivity index (χ1v) is 10.6. The van der Waals surface area contributed by atoms with E-state index in [0.717, 1.165) is 0 Å². The molecule has 1 aromatic rings. The second kappa shape index (κ2) is 9.41. The quantitative estimate of drug-likeness (QED) is 0.313. The number of carbonyl (C=O) groups excluding carboxylic acids is 1. The Morgan fingerprint density at radius 1 is 1.17 bits per heavy atom. The van der Waals surface area contributed by atoms with E-state index in [1.807, 2.05) is 26.8 Å². The van der Waals surface area contributed by atoms with Crippen molar-refractivity contribution in [2.45, 2.75) is 63.3 Å². The maximum atomic E-state index is 11.9. The number of carbonyl (C=O) groups is 1. The van der Waals surface area contributed by atoms with E-state index >= 15 is 0 Å². The molecular formula is C20H28O3Se. The van der Waals surface area contributed by atoms with Gasteiger partial charge < -0.3 is 0 Å². The van der Waals surface area contributed by atoms with Gasteiger partial charge in [-0.25, -0.2) is 0 Å². The van der Waals surface area contributed by atoms with Crippen molar-refractivity contribution >= 4 is 25.4 Å². The van der Waals surface area contributed by atoms with Crippen LogP contribution in [0.1, 0.15) is 52.9 Å². The van der Waals surface area contributed by atoms with E-state index < -0.39 is 11.6 Å². The first-order chi connectivity index (χ1) is 11.4. The van der Waals surface area contributed by atoms with Crippen LogP contribution in [-0.2, 0) is 14.6 Å². The van der Waals surface area contributed by atoms with Gasteiger partial charge in [0.25, 0.3) is 0 Å². The fourth-order valence-electron chi connectivity index (χ4n) is 2.78. The maximum absolute atomic E-state index is 11.9. The molecule has 1 saturated carbocycles. The summed E-state index contributed by atoms with van der Waals surface area (Å²) in [6.45, 7) is 5.56. The Hall–Kier alpha value is -1.09. The van der Waals surface area contributed by atoms with E-state index in [-0.39, 0.29) is 0 Å². The molecule has 0 spiro atoms. The molecule has 0 aromatic heterocycles. The molecule has 4 heteroatoms. The number of hydrogen-bond acceptors (Lipinski definition) is 3. The Morgan fingerprint density at radius 3 is 2.46 bits per heavy atom. The third kappa shape index (κ3) is 7.21. The summed E-state index contributed by atoms with van der Waals surface area (Å²) in [5.74, 6) is 0.251. The molecule has 24 heavy (non-hydrogen) atoms. The first-order valence-electron chi connectivity index (χ1n) is 8.73. The van der Waals surface area contributed by atoms with Crippen molar-refractivity contribution in [3.05, 3.63) is 42.5 Å². The minimum absolute atomic E-state index is 0.324. The van der Waals surface area contributed by atoms with Crippen molar-refractivity contribution in [2.75, 3.05) is 0 Å². The van der Waals surface area contributed by atoms with Crippen LogP contribution in [0.25, 0.3) is 0 Å². The van der Waals surface area contributed by atoms with Crippen molar-refractivity contribution in [2.24, 2.45) is 5.92 Å². The molecule has 0 unspecified atom stereocenters. The second-order valence-corrected chi connectivity index (χ2v) is 9.88. The summed E-state index contributed by atoms with van der Waals surface area (Å²) in [6, 6.07) is 10.6. The molecule has 0 radical (unpaired) electrons. The van der Waals surface area contributed by atoms with Crippen LogP contribution >= 0.6 is 0 Å². The van der Waals surface area contributed by atoms with Gasteiger partial charge in [0, 0.05) is 0 Å². The molecule has 1 atom stereocenters. The predicted octanol–water partition coefficient (Wildman–Crippen LogP) is 4.21. The molecular weight excluding hydrogens is 367 g/mol. The topological polar surface area (TPSA) is 35.5 Å². The van der Waals surface area contributed by atoms with E-state index in [1.54, 1.807) is 6.08 Å². The SMILES string of the molecule is CC(C)(C)OOC(=O)/C=C/[C@@H]([Se]c1ccccc1)C1CCCCC1. The first kappa shape index (κ1) is 19.2. The zero-order valence-corrected chi connectivity index (χ0v) is 16.6. The van der Waals surface area contributed by atoms with Gasteiger partial charge in [-0.15, -0.1) is 0 Å². The summed E-state index contributed by atoms with van der Waals surface area (Å²) in [6.07, 6.45) is 10.1. The third-order valence-corrected chi connectivity index (χ3v) is 6.78. The molecule has 1 fully saturated rings. The van der Waals surface area contributed by atoms with Gasteiger partial charge in [-0.3, -0.25) is 0 Å². The molecule has 0 bridgehead atoms. The number of rotatable bonds is 6. The van der Waals surface area contributed by atoms with E-state index in [1.165, 1.54) is 36.6 Å². The average molecular weight is 395 g/mol. The van der Waals surface area contributed by atoms with Crippen LogP contribution in [0, 0.1) is 5.92 Å². The van der Waals surface area contributed by atoms with Gasteiger partial charge in [-0.1, -0.05) is 0 Å². The van der Waals surface area contributed by atoms with Gasteiger partial charge >= 0.3 is 152 Å². The average Bonchev–Trinajstić information content (AvgIpc) is 2.58. The van der Waals surface area contributed by atoms with Crippen LogP contribution in [0.5, 0.6) is 0 Å². The van der Waals surface area contributed by atoms with E-state index in [4.69, 9.17) is 9.78 Å². The predicted molar refractivity (Wildman–Crippen MR) is 98.2 cm³/mol. The number of allylic oxidation sites excluding steroid dienone is 1. The molecule has 132 valence electrons. The zero-order valence-electron chi connectivity index (χ0n) is 14.9. The summed E-state index contributed by atoms with van der Waals surface area (Å²) >= 11 is 0.324. The van der Waals surface area contributed by atoms with Crippen molar-refractivity contribution < 1.29 is 14.6 Å². The summed E-state index contributed by atoms with van der Waals surface area (Å²) in [5, 5.41) is 0. The fraction of sp³-hybridized carbons (Fsp3) is 0.550. The van der Waals surface area contributed by atoms with Gasteiger partial charge in [-0.05, 0) is 0 Å². The van der Waals surface area contributed by atoms with Crippen LogP contribution in [0.15, 0.2) is 42.5 Å². The van der Waals surface area contributed by atoms with Crippen molar-refractivity contribution in [1.29, 1.82) is 0 Å². The Labute approximate surface area is 151 Å². The van der Waals surface area contributed by atoms with E-state index in [0.29, 0.717) is 25.7 Å². The molecule has 0 saturated heterocycles. The van der Waals surface area contributed by atoms with Crippen LogP contribution in [-0.4, -0.2) is 26.5 Å². The van der Waals surface area contributed by atoms with Gasteiger partial charge in [-0.2, -0.15) is 0 Å². The minimum atomic E-state index is -0.486. The summed E-state index contributed by atoms with van der Waals surface area (Å²) < 4.78 is 1.38. The monoisotopic (exact) mass is 396 g/mol. The van der Waals surface area contributed by atoms with Crippen molar-refractivity contribution in [1.82, 2.24) is 0 Å². The molecule has 0 heterocycles. The molecule has 2 rings (SSSR count). The summed E-state index contributed by atoms with van der Waals surface area (Å²) in [4.78, 5) is 22.3. The van der Waals surface area contributed by atoms with Gasteiger partial charge in [0.2, 0.25) is 0 Å². The third-order valence-electron chi connectivity index (χ3n) is 3.93. The molecule has 1 aliphatic carbocycles. The Kier molecular flexibility index (Phi) is 7.54. The standard InChI is InChI=1S/C20H28O3Se/c1-20(2,3)23-22-19(21)15-14-18(16-10-6-4-7-11-16)24-17-12-8-5-9-13-17/h5,8-9,12-16,18H,4,6-7,10-11H2,1-3H3/b15-14+/t18-/m1/s1. The van der Waals surface area contributed by atoms with Gasteiger partial charge in [0.15, 0.2) is 0 Å². The van der Waals surface area contributed by atoms with E-state index in [9.17, 15) is 4.79 Å². The van der Waals surface area contributed by atoms with Crippen molar-refractivity contribution in [3.63, 3.8) is 0 Å². The molecule has 1 aliphatic rings. The molecule has 0 amide bonds.